The second kappa shape index (κ2) is 4.39. The second-order valence-electron chi connectivity index (χ2n) is 4.86. The minimum atomic E-state index is 0.633. The summed E-state index contributed by atoms with van der Waals surface area (Å²) in [5, 5.41) is 4.36. The fourth-order valence-electron chi connectivity index (χ4n) is 2.91. The Morgan fingerprint density at radius 2 is 2.00 bits per heavy atom. The van der Waals surface area contributed by atoms with Gasteiger partial charge < -0.3 is 15.0 Å². The number of ether oxygens (including phenoxy) is 1. The molecule has 2 heterocycles. The van der Waals surface area contributed by atoms with Crippen molar-refractivity contribution in [1.82, 2.24) is 5.32 Å². The van der Waals surface area contributed by atoms with E-state index >= 15 is 0 Å². The van der Waals surface area contributed by atoms with Crippen LogP contribution in [0.5, 0.6) is 5.75 Å². The van der Waals surface area contributed by atoms with Crippen LogP contribution in [0.2, 0.25) is 5.02 Å². The number of halogens is 1. The van der Waals surface area contributed by atoms with Crippen molar-refractivity contribution in [2.45, 2.75) is 24.9 Å². The summed E-state index contributed by atoms with van der Waals surface area (Å²) >= 11 is 5.99. The lowest BCUT2D eigenvalue weighted by Gasteiger charge is -2.35. The van der Waals surface area contributed by atoms with Crippen molar-refractivity contribution in [3.05, 3.63) is 23.2 Å². The van der Waals surface area contributed by atoms with E-state index < -0.39 is 0 Å². The van der Waals surface area contributed by atoms with Gasteiger partial charge in [0.05, 0.1) is 12.8 Å². The number of benzene rings is 1. The maximum absolute atomic E-state index is 5.99. The molecule has 3 nitrogen and oxygen atoms in total. The molecular formula is C13H17ClN2O. The van der Waals surface area contributed by atoms with Crippen molar-refractivity contribution in [1.29, 1.82) is 0 Å². The molecule has 1 aromatic carbocycles. The van der Waals surface area contributed by atoms with E-state index in [2.05, 4.69) is 16.3 Å². The van der Waals surface area contributed by atoms with Crippen LogP contribution in [0.4, 0.5) is 5.69 Å². The molecule has 0 saturated carbocycles. The number of anilines is 1. The Hall–Kier alpha value is -0.930. The van der Waals surface area contributed by atoms with Gasteiger partial charge in [0.15, 0.2) is 0 Å². The minimum Gasteiger partial charge on any atom is -0.495 e. The molecule has 2 atom stereocenters. The highest BCUT2D eigenvalue weighted by molar-refractivity contribution is 6.30. The predicted octanol–water partition coefficient (Wildman–Crippen LogP) is 2.29. The number of piperazine rings is 1. The summed E-state index contributed by atoms with van der Waals surface area (Å²) in [6.07, 6.45) is 2.58. The van der Waals surface area contributed by atoms with Crippen LogP contribution in [0.1, 0.15) is 12.8 Å². The zero-order valence-corrected chi connectivity index (χ0v) is 10.7. The normalized spacial score (nSPS) is 27.3. The van der Waals surface area contributed by atoms with Gasteiger partial charge in [0.1, 0.15) is 5.75 Å². The summed E-state index contributed by atoms with van der Waals surface area (Å²) in [7, 11) is 1.70. The van der Waals surface area contributed by atoms with E-state index in [1.807, 2.05) is 12.1 Å². The molecule has 4 heteroatoms. The Morgan fingerprint density at radius 3 is 2.65 bits per heavy atom. The molecule has 1 N–H and O–H groups in total. The minimum absolute atomic E-state index is 0.633. The van der Waals surface area contributed by atoms with Crippen molar-refractivity contribution in [2.75, 3.05) is 25.1 Å². The highest BCUT2D eigenvalue weighted by Gasteiger charge is 2.33. The van der Waals surface area contributed by atoms with E-state index in [4.69, 9.17) is 16.3 Å². The summed E-state index contributed by atoms with van der Waals surface area (Å²) in [6, 6.07) is 7.15. The van der Waals surface area contributed by atoms with E-state index in [9.17, 15) is 0 Å². The van der Waals surface area contributed by atoms with Crippen LogP contribution in [0, 0.1) is 0 Å². The van der Waals surface area contributed by atoms with Crippen molar-refractivity contribution in [3.8, 4) is 5.75 Å². The van der Waals surface area contributed by atoms with Gasteiger partial charge in [-0.1, -0.05) is 11.6 Å². The number of nitrogens with one attached hydrogen (secondary N) is 1. The molecule has 0 amide bonds. The fraction of sp³-hybridized carbons (Fsp3) is 0.538. The number of nitrogens with zero attached hydrogens (tertiary/aromatic N) is 1. The molecule has 2 bridgehead atoms. The fourth-order valence-corrected chi connectivity index (χ4v) is 3.07. The van der Waals surface area contributed by atoms with E-state index in [1.165, 1.54) is 12.8 Å². The van der Waals surface area contributed by atoms with Gasteiger partial charge in [-0.2, -0.15) is 0 Å². The lowest BCUT2D eigenvalue weighted by Crippen LogP contribution is -2.51. The first-order chi connectivity index (χ1) is 8.26. The number of hydrogen-bond acceptors (Lipinski definition) is 3. The maximum atomic E-state index is 5.99. The number of hydrogen-bond donors (Lipinski definition) is 1. The quantitative estimate of drug-likeness (QED) is 0.874. The molecule has 17 heavy (non-hydrogen) atoms. The van der Waals surface area contributed by atoms with Crippen LogP contribution in [-0.2, 0) is 0 Å². The number of methoxy groups -OCH3 is 1. The Balaban J connectivity index is 1.88. The maximum Gasteiger partial charge on any atom is 0.143 e. The third kappa shape index (κ3) is 2.09. The standard InChI is InChI=1S/C13H17ClN2O/c1-17-13-6-9(14)2-5-12(13)16-7-10-3-4-11(8-16)15-10/h2,5-6,10-11,15H,3-4,7-8H2,1H3. The van der Waals surface area contributed by atoms with E-state index in [-0.39, 0.29) is 0 Å². The van der Waals surface area contributed by atoms with Crippen molar-refractivity contribution < 1.29 is 4.74 Å². The molecule has 0 aromatic heterocycles. The first-order valence-electron chi connectivity index (χ1n) is 6.11. The van der Waals surface area contributed by atoms with E-state index in [1.54, 1.807) is 7.11 Å². The third-order valence-electron chi connectivity index (χ3n) is 3.70. The molecule has 0 spiro atoms. The Kier molecular flexibility index (Phi) is 2.89. The van der Waals surface area contributed by atoms with Crippen LogP contribution < -0.4 is 15.0 Å². The Morgan fingerprint density at radius 1 is 1.29 bits per heavy atom. The summed E-state index contributed by atoms with van der Waals surface area (Å²) in [6.45, 7) is 2.13. The first-order valence-corrected chi connectivity index (χ1v) is 6.48. The van der Waals surface area contributed by atoms with Gasteiger partial charge in [-0.25, -0.2) is 0 Å². The van der Waals surface area contributed by atoms with Gasteiger partial charge in [-0.05, 0) is 25.0 Å². The van der Waals surface area contributed by atoms with Gasteiger partial charge in [0.2, 0.25) is 0 Å². The van der Waals surface area contributed by atoms with Crippen LogP contribution >= 0.6 is 11.6 Å². The zero-order valence-electron chi connectivity index (χ0n) is 9.95. The average molecular weight is 253 g/mol. The van der Waals surface area contributed by atoms with Crippen molar-refractivity contribution >= 4 is 17.3 Å². The first kappa shape index (κ1) is 11.2. The average Bonchev–Trinajstić information content (AvgIpc) is 2.68. The molecule has 0 aliphatic carbocycles. The predicted molar refractivity (Wildman–Crippen MR) is 70.2 cm³/mol. The van der Waals surface area contributed by atoms with E-state index in [0.29, 0.717) is 12.1 Å². The van der Waals surface area contributed by atoms with Crippen LogP contribution in [0.3, 0.4) is 0 Å². The lowest BCUT2D eigenvalue weighted by molar-refractivity contribution is 0.408. The lowest BCUT2D eigenvalue weighted by atomic mass is 10.2. The Labute approximate surface area is 107 Å². The topological polar surface area (TPSA) is 24.5 Å². The van der Waals surface area contributed by atoms with Crippen molar-refractivity contribution in [2.24, 2.45) is 0 Å². The highest BCUT2D eigenvalue weighted by atomic mass is 35.5. The van der Waals surface area contributed by atoms with Gasteiger partial charge in [-0.15, -0.1) is 0 Å². The molecule has 2 fully saturated rings. The summed E-state index contributed by atoms with van der Waals surface area (Å²) < 4.78 is 5.42. The molecule has 2 aliphatic rings. The molecule has 2 unspecified atom stereocenters. The van der Waals surface area contributed by atoms with Gasteiger partial charge in [0.25, 0.3) is 0 Å². The monoisotopic (exact) mass is 252 g/mol. The molecular weight excluding hydrogens is 236 g/mol. The molecule has 2 aliphatic heterocycles. The zero-order chi connectivity index (χ0) is 11.8. The smallest absolute Gasteiger partial charge is 0.143 e. The van der Waals surface area contributed by atoms with Crippen molar-refractivity contribution in [3.63, 3.8) is 0 Å². The highest BCUT2D eigenvalue weighted by Crippen LogP contribution is 2.34. The largest absolute Gasteiger partial charge is 0.495 e. The molecule has 1 aromatic rings. The van der Waals surface area contributed by atoms with Crippen LogP contribution in [0.25, 0.3) is 0 Å². The molecule has 92 valence electrons. The SMILES string of the molecule is COc1cc(Cl)ccc1N1CC2CCC(C1)N2. The third-order valence-corrected chi connectivity index (χ3v) is 3.93. The van der Waals surface area contributed by atoms with Crippen LogP contribution in [-0.4, -0.2) is 32.3 Å². The summed E-state index contributed by atoms with van der Waals surface area (Å²) in [5.74, 6) is 0.874. The molecule has 3 rings (SSSR count). The van der Waals surface area contributed by atoms with Crippen LogP contribution in [0.15, 0.2) is 18.2 Å². The molecule has 0 radical (unpaired) electrons. The summed E-state index contributed by atoms with van der Waals surface area (Å²) in [4.78, 5) is 2.41. The van der Waals surface area contributed by atoms with Gasteiger partial charge in [-0.3, -0.25) is 0 Å². The Bertz CT molecular complexity index is 412. The second-order valence-corrected chi connectivity index (χ2v) is 5.30. The number of rotatable bonds is 2. The van der Waals surface area contributed by atoms with Gasteiger partial charge >= 0.3 is 0 Å². The number of fused-ring (bicyclic) bond motifs is 2. The summed E-state index contributed by atoms with van der Waals surface area (Å²) in [5.41, 5.74) is 1.16. The van der Waals surface area contributed by atoms with E-state index in [0.717, 1.165) is 29.5 Å². The molecule has 2 saturated heterocycles. The van der Waals surface area contributed by atoms with Gasteiger partial charge in [0, 0.05) is 36.3 Å².